The average molecular weight is 286 g/mol. The van der Waals surface area contributed by atoms with Crippen molar-refractivity contribution in [3.8, 4) is 0 Å². The van der Waals surface area contributed by atoms with Gasteiger partial charge in [0.15, 0.2) is 5.79 Å². The summed E-state index contributed by atoms with van der Waals surface area (Å²) < 4.78 is 14.8. The average Bonchev–Trinajstić information content (AvgIpc) is 2.68. The molecule has 1 aliphatic heterocycles. The Morgan fingerprint density at radius 1 is 1.30 bits per heavy atom. The summed E-state index contributed by atoms with van der Waals surface area (Å²) in [6.07, 6.45) is 0.0152. The topological polar surface area (TPSA) is 118 Å². The van der Waals surface area contributed by atoms with Gasteiger partial charge in [-0.15, -0.1) is 0 Å². The van der Waals surface area contributed by atoms with E-state index >= 15 is 0 Å². The molecule has 1 N–H and O–H groups in total. The van der Waals surface area contributed by atoms with Crippen LogP contribution in [0.1, 0.15) is 33.6 Å². The van der Waals surface area contributed by atoms with Gasteiger partial charge in [0.05, 0.1) is 13.2 Å². The van der Waals surface area contributed by atoms with E-state index in [1.807, 2.05) is 0 Å². The number of hydrogen-bond donors (Lipinski definition) is 1. The fourth-order valence-electron chi connectivity index (χ4n) is 2.03. The molecule has 2 atom stereocenters. The van der Waals surface area contributed by atoms with Gasteiger partial charge in [0.25, 0.3) is 5.60 Å². The van der Waals surface area contributed by atoms with Gasteiger partial charge in [0, 0.05) is 12.8 Å². The summed E-state index contributed by atoms with van der Waals surface area (Å²) in [5.74, 6) is -3.53. The largest absolute Gasteiger partial charge is 0.463 e. The lowest BCUT2D eigenvalue weighted by Gasteiger charge is -2.24. The highest BCUT2D eigenvalue weighted by molar-refractivity contribution is 6.41. The van der Waals surface area contributed by atoms with E-state index in [-0.39, 0.29) is 26.1 Å². The first-order valence-electron chi connectivity index (χ1n) is 6.32. The first-order chi connectivity index (χ1) is 9.33. The lowest BCUT2D eigenvalue weighted by atomic mass is 9.93. The lowest BCUT2D eigenvalue weighted by Crippen LogP contribution is -2.53. The van der Waals surface area contributed by atoms with Gasteiger partial charge >= 0.3 is 17.7 Å². The molecule has 20 heavy (non-hydrogen) atoms. The van der Waals surface area contributed by atoms with Crippen molar-refractivity contribution in [2.24, 2.45) is 0 Å². The number of carbonyl (C=O) groups excluding carboxylic acids is 2. The highest BCUT2D eigenvalue weighted by Crippen LogP contribution is 2.38. The van der Waals surface area contributed by atoms with Crippen molar-refractivity contribution in [1.82, 2.24) is 0 Å². The fraction of sp³-hybridized carbons (Fsp3) is 0.750. The highest BCUT2D eigenvalue weighted by atomic mass is 16.7. The van der Waals surface area contributed by atoms with Crippen LogP contribution in [0, 0.1) is 0 Å². The second-order valence-corrected chi connectivity index (χ2v) is 4.49. The van der Waals surface area contributed by atoms with E-state index in [1.165, 1.54) is 6.92 Å². The SMILES string of the molecule is CCOC(=O)C(=[N+]=[N-])C1(C(=O)OCC)CCC(C)(O)O1. The molecule has 1 saturated heterocycles. The highest BCUT2D eigenvalue weighted by Gasteiger charge is 2.63. The van der Waals surface area contributed by atoms with Crippen LogP contribution in [-0.2, 0) is 23.8 Å². The molecule has 1 rings (SSSR count). The summed E-state index contributed by atoms with van der Waals surface area (Å²) in [4.78, 5) is 26.7. The Bertz CT molecular complexity index is 455. The molecule has 0 saturated carbocycles. The standard InChI is InChI=1S/C12H18N2O6/c1-4-18-9(15)8(14-13)12(10(16)19-5-2)7-6-11(3,17)20-12/h17H,4-7H2,1-3H3. The molecule has 0 aromatic carbocycles. The van der Waals surface area contributed by atoms with Gasteiger partial charge in [0.1, 0.15) is 0 Å². The van der Waals surface area contributed by atoms with Crippen molar-refractivity contribution in [2.45, 2.75) is 45.0 Å². The molecule has 1 fully saturated rings. The fourth-order valence-corrected chi connectivity index (χ4v) is 2.03. The number of hydrogen-bond acceptors (Lipinski definition) is 6. The Kier molecular flexibility index (Phi) is 4.99. The number of aliphatic hydroxyl groups is 1. The number of ether oxygens (including phenoxy) is 3. The minimum atomic E-state index is -1.96. The Hall–Kier alpha value is -1.76. The van der Waals surface area contributed by atoms with Crippen LogP contribution in [-0.4, -0.2) is 52.1 Å². The monoisotopic (exact) mass is 286 g/mol. The smallest absolute Gasteiger partial charge is 0.420 e. The van der Waals surface area contributed by atoms with E-state index in [9.17, 15) is 14.7 Å². The van der Waals surface area contributed by atoms with E-state index in [1.54, 1.807) is 13.8 Å². The van der Waals surface area contributed by atoms with Gasteiger partial charge in [-0.25, -0.2) is 9.59 Å². The second-order valence-electron chi connectivity index (χ2n) is 4.49. The van der Waals surface area contributed by atoms with Gasteiger partial charge in [-0.2, -0.15) is 4.79 Å². The Labute approximate surface area is 116 Å². The predicted molar refractivity (Wildman–Crippen MR) is 65.6 cm³/mol. The minimum Gasteiger partial charge on any atom is -0.463 e. The summed E-state index contributed by atoms with van der Waals surface area (Å²) in [6.45, 7) is 4.57. The van der Waals surface area contributed by atoms with Crippen molar-refractivity contribution >= 4 is 17.7 Å². The van der Waals surface area contributed by atoms with Crippen molar-refractivity contribution in [3.05, 3.63) is 5.53 Å². The number of nitrogens with zero attached hydrogens (tertiary/aromatic N) is 2. The summed E-state index contributed by atoms with van der Waals surface area (Å²) in [7, 11) is 0. The second kappa shape index (κ2) is 6.13. The predicted octanol–water partition coefficient (Wildman–Crippen LogP) is 0.0411. The van der Waals surface area contributed by atoms with Gasteiger partial charge < -0.3 is 24.8 Å². The van der Waals surface area contributed by atoms with Gasteiger partial charge in [-0.1, -0.05) is 0 Å². The first kappa shape index (κ1) is 16.3. The van der Waals surface area contributed by atoms with Gasteiger partial charge in [-0.05, 0) is 20.8 Å². The van der Waals surface area contributed by atoms with E-state index in [0.29, 0.717) is 0 Å². The molecule has 0 spiro atoms. The molecule has 0 aromatic heterocycles. The maximum absolute atomic E-state index is 12.1. The minimum absolute atomic E-state index is 0.0349. The van der Waals surface area contributed by atoms with Crippen molar-refractivity contribution in [1.29, 1.82) is 0 Å². The molecule has 1 aliphatic rings. The molecule has 0 aliphatic carbocycles. The third-order valence-electron chi connectivity index (χ3n) is 2.89. The molecule has 8 heteroatoms. The Balaban J connectivity index is 3.21. The van der Waals surface area contributed by atoms with Crippen LogP contribution in [0.15, 0.2) is 0 Å². The molecule has 1 heterocycles. The molecule has 2 unspecified atom stereocenters. The molecular formula is C12H18N2O6. The van der Waals surface area contributed by atoms with Crippen LogP contribution >= 0.6 is 0 Å². The van der Waals surface area contributed by atoms with Crippen LogP contribution in [0.3, 0.4) is 0 Å². The molecule has 8 nitrogen and oxygen atoms in total. The van der Waals surface area contributed by atoms with Crippen molar-refractivity contribution in [2.75, 3.05) is 13.2 Å². The zero-order valence-electron chi connectivity index (χ0n) is 11.7. The first-order valence-corrected chi connectivity index (χ1v) is 6.32. The number of rotatable bonds is 5. The normalized spacial score (nSPS) is 28.6. The third-order valence-corrected chi connectivity index (χ3v) is 2.89. The Morgan fingerprint density at radius 2 is 1.90 bits per heavy atom. The van der Waals surface area contributed by atoms with Gasteiger partial charge in [0.2, 0.25) is 0 Å². The van der Waals surface area contributed by atoms with Crippen LogP contribution in [0.5, 0.6) is 0 Å². The molecule has 0 radical (unpaired) electrons. The summed E-state index contributed by atoms with van der Waals surface area (Å²) >= 11 is 0. The van der Waals surface area contributed by atoms with E-state index in [2.05, 4.69) is 4.79 Å². The van der Waals surface area contributed by atoms with Crippen LogP contribution in [0.2, 0.25) is 0 Å². The molecule has 0 bridgehead atoms. The van der Waals surface area contributed by atoms with E-state index in [4.69, 9.17) is 19.7 Å². The summed E-state index contributed by atoms with van der Waals surface area (Å²) in [5.41, 5.74) is 6.47. The molecule has 0 aromatic rings. The van der Waals surface area contributed by atoms with Crippen molar-refractivity contribution < 1.29 is 33.7 Å². The lowest BCUT2D eigenvalue weighted by molar-refractivity contribution is -0.215. The molecular weight excluding hydrogens is 268 g/mol. The molecule has 112 valence electrons. The number of esters is 2. The third kappa shape index (κ3) is 3.04. The number of carbonyl (C=O) groups is 2. The summed E-state index contributed by atoms with van der Waals surface area (Å²) in [6, 6.07) is 0. The molecule has 0 amide bonds. The van der Waals surface area contributed by atoms with E-state index < -0.39 is 29.0 Å². The summed E-state index contributed by atoms with van der Waals surface area (Å²) in [5, 5.41) is 9.88. The zero-order chi connectivity index (χ0) is 15.4. The van der Waals surface area contributed by atoms with Crippen LogP contribution in [0.4, 0.5) is 0 Å². The van der Waals surface area contributed by atoms with Crippen LogP contribution < -0.4 is 0 Å². The van der Waals surface area contributed by atoms with Crippen molar-refractivity contribution in [3.63, 3.8) is 0 Å². The Morgan fingerprint density at radius 3 is 2.30 bits per heavy atom. The zero-order valence-corrected chi connectivity index (χ0v) is 11.7. The quantitative estimate of drug-likeness (QED) is 0.330. The maximum Gasteiger partial charge on any atom is 0.420 e. The van der Waals surface area contributed by atoms with Gasteiger partial charge in [-0.3, -0.25) is 0 Å². The van der Waals surface area contributed by atoms with E-state index in [0.717, 1.165) is 0 Å². The maximum atomic E-state index is 12.1. The van der Waals surface area contributed by atoms with Crippen LogP contribution in [0.25, 0.3) is 5.53 Å².